The number of imide groups is 1. The van der Waals surface area contributed by atoms with E-state index in [4.69, 9.17) is 13.9 Å². The zero-order valence-corrected chi connectivity index (χ0v) is 14.8. The molecule has 8 heteroatoms. The lowest BCUT2D eigenvalue weighted by molar-refractivity contribution is -0.0920. The summed E-state index contributed by atoms with van der Waals surface area (Å²) in [5.41, 5.74) is 0.694. The van der Waals surface area contributed by atoms with E-state index in [0.29, 0.717) is 37.2 Å². The molecule has 0 atom stereocenters. The zero-order valence-electron chi connectivity index (χ0n) is 13.9. The first-order valence-corrected chi connectivity index (χ1v) is 9.74. The van der Waals surface area contributed by atoms with Gasteiger partial charge in [0.1, 0.15) is 0 Å². The average Bonchev–Trinajstić information content (AvgIpc) is 2.80. The van der Waals surface area contributed by atoms with E-state index in [-0.39, 0.29) is 12.8 Å². The molecule has 0 radical (unpaired) electrons. The fourth-order valence-corrected chi connectivity index (χ4v) is 4.14. The SMILES string of the molecule is CCOP(=O)(CCCCON1C(=O)c2ccccc2C1=O)OCC. The number of fused-ring (bicyclic) bond motifs is 1. The van der Waals surface area contributed by atoms with Gasteiger partial charge in [-0.1, -0.05) is 12.1 Å². The van der Waals surface area contributed by atoms with Crippen LogP contribution in [0.25, 0.3) is 0 Å². The van der Waals surface area contributed by atoms with Crippen LogP contribution in [0.1, 0.15) is 47.4 Å². The van der Waals surface area contributed by atoms with E-state index in [0.717, 1.165) is 5.06 Å². The minimum Gasteiger partial charge on any atom is -0.309 e. The summed E-state index contributed by atoms with van der Waals surface area (Å²) in [4.78, 5) is 29.5. The first-order valence-electron chi connectivity index (χ1n) is 8.01. The molecule has 1 heterocycles. The first-order chi connectivity index (χ1) is 11.5. The largest absolute Gasteiger partial charge is 0.330 e. The molecule has 7 nitrogen and oxygen atoms in total. The van der Waals surface area contributed by atoms with E-state index in [2.05, 4.69) is 0 Å². The van der Waals surface area contributed by atoms with Crippen LogP contribution in [-0.4, -0.2) is 42.9 Å². The molecule has 0 saturated heterocycles. The standard InChI is InChI=1S/C16H22NO6P/c1-3-22-24(20,23-4-2)12-8-7-11-21-17-15(18)13-9-5-6-10-14(13)16(17)19/h5-6,9-10H,3-4,7-8,11-12H2,1-2H3. The number of carbonyl (C=O) groups is 2. The summed E-state index contributed by atoms with van der Waals surface area (Å²) in [7, 11) is -3.06. The maximum absolute atomic E-state index is 12.3. The van der Waals surface area contributed by atoms with Crippen molar-refractivity contribution in [2.45, 2.75) is 26.7 Å². The lowest BCUT2D eigenvalue weighted by Gasteiger charge is -2.17. The molecule has 0 spiro atoms. The van der Waals surface area contributed by atoms with Gasteiger partial charge in [-0.15, -0.1) is 5.06 Å². The van der Waals surface area contributed by atoms with Crippen molar-refractivity contribution in [3.05, 3.63) is 35.4 Å². The van der Waals surface area contributed by atoms with Crippen LogP contribution < -0.4 is 0 Å². The molecule has 24 heavy (non-hydrogen) atoms. The number of hydroxylamine groups is 2. The lowest BCUT2D eigenvalue weighted by Crippen LogP contribution is -2.30. The molecule has 0 saturated carbocycles. The molecule has 0 N–H and O–H groups in total. The molecule has 0 aromatic heterocycles. The van der Waals surface area contributed by atoms with Crippen molar-refractivity contribution in [3.8, 4) is 0 Å². The molecule has 0 fully saturated rings. The van der Waals surface area contributed by atoms with E-state index in [1.165, 1.54) is 0 Å². The predicted octanol–water partition coefficient (Wildman–Crippen LogP) is 3.26. The summed E-state index contributed by atoms with van der Waals surface area (Å²) in [6, 6.07) is 6.59. The molecule has 0 bridgehead atoms. The van der Waals surface area contributed by atoms with Gasteiger partial charge in [0.05, 0.1) is 37.1 Å². The molecular weight excluding hydrogens is 333 g/mol. The number of benzene rings is 1. The van der Waals surface area contributed by atoms with Gasteiger partial charge in [-0.3, -0.25) is 19.0 Å². The first kappa shape index (κ1) is 18.8. The number of nitrogens with zero attached hydrogens (tertiary/aromatic N) is 1. The molecule has 2 amide bonds. The van der Waals surface area contributed by atoms with Gasteiger partial charge in [0.25, 0.3) is 11.8 Å². The van der Waals surface area contributed by atoms with Crippen molar-refractivity contribution < 1.29 is 28.0 Å². The molecule has 1 aliphatic heterocycles. The summed E-state index contributed by atoms with van der Waals surface area (Å²) in [6.07, 6.45) is 1.35. The minimum atomic E-state index is -3.06. The van der Waals surface area contributed by atoms with E-state index in [1.807, 2.05) is 0 Å². The molecule has 1 aromatic carbocycles. The second kappa shape index (κ2) is 8.53. The Labute approximate surface area is 141 Å². The average molecular weight is 355 g/mol. The Morgan fingerprint density at radius 1 is 0.958 bits per heavy atom. The van der Waals surface area contributed by atoms with Gasteiger partial charge in [0, 0.05) is 0 Å². The maximum Gasteiger partial charge on any atom is 0.330 e. The van der Waals surface area contributed by atoms with Gasteiger partial charge >= 0.3 is 7.60 Å². The van der Waals surface area contributed by atoms with Crippen LogP contribution in [0.3, 0.4) is 0 Å². The van der Waals surface area contributed by atoms with E-state index < -0.39 is 19.4 Å². The second-order valence-electron chi connectivity index (χ2n) is 5.16. The highest BCUT2D eigenvalue weighted by Gasteiger charge is 2.36. The van der Waals surface area contributed by atoms with Crippen molar-refractivity contribution in [3.63, 3.8) is 0 Å². The molecule has 0 aliphatic carbocycles. The monoisotopic (exact) mass is 355 g/mol. The van der Waals surface area contributed by atoms with Crippen molar-refractivity contribution in [2.24, 2.45) is 0 Å². The third-order valence-electron chi connectivity index (χ3n) is 3.46. The quantitative estimate of drug-likeness (QED) is 0.364. The molecular formula is C16H22NO6P. The summed E-state index contributed by atoms with van der Waals surface area (Å²) in [5.74, 6) is -0.908. The minimum absolute atomic E-state index is 0.170. The fourth-order valence-electron chi connectivity index (χ4n) is 2.41. The molecule has 1 aromatic rings. The number of unbranched alkanes of at least 4 members (excludes halogenated alkanes) is 1. The van der Waals surface area contributed by atoms with Crippen molar-refractivity contribution in [1.82, 2.24) is 5.06 Å². The van der Waals surface area contributed by atoms with Gasteiger partial charge in [0.15, 0.2) is 0 Å². The summed E-state index contributed by atoms with van der Waals surface area (Å²) >= 11 is 0. The normalized spacial score (nSPS) is 14.3. The van der Waals surface area contributed by atoms with Crippen molar-refractivity contribution in [1.29, 1.82) is 0 Å². The molecule has 1 aliphatic rings. The van der Waals surface area contributed by atoms with Crippen LogP contribution in [-0.2, 0) is 18.5 Å². The van der Waals surface area contributed by atoms with Crippen LogP contribution in [0.5, 0.6) is 0 Å². The molecule has 132 valence electrons. The van der Waals surface area contributed by atoms with Gasteiger partial charge in [-0.05, 0) is 38.8 Å². The Morgan fingerprint density at radius 2 is 1.50 bits per heavy atom. The van der Waals surface area contributed by atoms with Gasteiger partial charge in [-0.2, -0.15) is 0 Å². The fraction of sp³-hybridized carbons (Fsp3) is 0.500. The Kier molecular flexibility index (Phi) is 6.69. The third-order valence-corrected chi connectivity index (χ3v) is 5.62. The molecule has 0 unspecified atom stereocenters. The highest BCUT2D eigenvalue weighted by atomic mass is 31.2. The highest BCUT2D eigenvalue weighted by Crippen LogP contribution is 2.48. The smallest absolute Gasteiger partial charge is 0.309 e. The van der Waals surface area contributed by atoms with Crippen LogP contribution in [0.2, 0.25) is 0 Å². The Bertz CT molecular complexity index is 602. The number of carbonyl (C=O) groups excluding carboxylic acids is 2. The van der Waals surface area contributed by atoms with Crippen LogP contribution in [0.15, 0.2) is 24.3 Å². The van der Waals surface area contributed by atoms with Crippen LogP contribution >= 0.6 is 7.60 Å². The van der Waals surface area contributed by atoms with Gasteiger partial charge in [0.2, 0.25) is 0 Å². The molecule has 2 rings (SSSR count). The Hall–Kier alpha value is -1.53. The Morgan fingerprint density at radius 3 is 2.00 bits per heavy atom. The number of hydrogen-bond acceptors (Lipinski definition) is 6. The van der Waals surface area contributed by atoms with Crippen molar-refractivity contribution >= 4 is 19.4 Å². The highest BCUT2D eigenvalue weighted by molar-refractivity contribution is 7.53. The maximum atomic E-state index is 12.3. The number of rotatable bonds is 10. The van der Waals surface area contributed by atoms with E-state index in [9.17, 15) is 14.2 Å². The van der Waals surface area contributed by atoms with Crippen LogP contribution in [0.4, 0.5) is 0 Å². The van der Waals surface area contributed by atoms with E-state index >= 15 is 0 Å². The zero-order chi connectivity index (χ0) is 17.6. The van der Waals surface area contributed by atoms with E-state index in [1.54, 1.807) is 38.1 Å². The van der Waals surface area contributed by atoms with Crippen molar-refractivity contribution in [2.75, 3.05) is 26.0 Å². The van der Waals surface area contributed by atoms with Gasteiger partial charge in [-0.25, -0.2) is 0 Å². The summed E-state index contributed by atoms with van der Waals surface area (Å²) < 4.78 is 22.7. The number of amides is 2. The van der Waals surface area contributed by atoms with Crippen LogP contribution in [0, 0.1) is 0 Å². The van der Waals surface area contributed by atoms with Gasteiger partial charge < -0.3 is 9.05 Å². The predicted molar refractivity (Wildman–Crippen MR) is 87.9 cm³/mol. The summed E-state index contributed by atoms with van der Waals surface area (Å²) in [5, 5.41) is 0.787. The Balaban J connectivity index is 1.78. The number of hydrogen-bond donors (Lipinski definition) is 0. The second-order valence-corrected chi connectivity index (χ2v) is 7.35. The summed E-state index contributed by atoms with van der Waals surface area (Å²) in [6.45, 7) is 4.34. The topological polar surface area (TPSA) is 82.1 Å². The lowest BCUT2D eigenvalue weighted by atomic mass is 10.1. The third kappa shape index (κ3) is 4.30.